The molecule has 35 heavy (non-hydrogen) atoms. The largest absolute Gasteiger partial charge is 0.463 e. The van der Waals surface area contributed by atoms with Crippen molar-refractivity contribution in [2.45, 2.75) is 52.6 Å². The van der Waals surface area contributed by atoms with Crippen molar-refractivity contribution in [3.63, 3.8) is 0 Å². The van der Waals surface area contributed by atoms with E-state index in [4.69, 9.17) is 18.9 Å². The van der Waals surface area contributed by atoms with Crippen LogP contribution in [0.3, 0.4) is 0 Å². The summed E-state index contributed by atoms with van der Waals surface area (Å²) in [4.78, 5) is 49.7. The van der Waals surface area contributed by atoms with Crippen LogP contribution < -0.4 is 11.2 Å². The molecule has 1 aromatic carbocycles. The smallest absolute Gasteiger partial charge is 0.338 e. The maximum atomic E-state index is 13.1. The fourth-order valence-electron chi connectivity index (χ4n) is 3.73. The topological polar surface area (TPSA) is 115 Å². The molecule has 2 heterocycles. The predicted molar refractivity (Wildman–Crippen MR) is 127 cm³/mol. The number of ether oxygens (including phenoxy) is 4. The van der Waals surface area contributed by atoms with Crippen LogP contribution in [0.5, 0.6) is 0 Å². The maximum Gasteiger partial charge on any atom is 0.338 e. The molecule has 0 unspecified atom stereocenters. The van der Waals surface area contributed by atoms with E-state index in [0.717, 1.165) is 22.4 Å². The van der Waals surface area contributed by atoms with Crippen LogP contribution in [-0.2, 0) is 23.7 Å². The maximum absolute atomic E-state index is 13.1. The summed E-state index contributed by atoms with van der Waals surface area (Å²) in [7, 11) is 0. The number of hydrogen-bond acceptors (Lipinski definition) is 8. The number of aryl methyl sites for hydroxylation is 2. The van der Waals surface area contributed by atoms with Gasteiger partial charge in [0.15, 0.2) is 6.23 Å². The third-order valence-corrected chi connectivity index (χ3v) is 5.45. The van der Waals surface area contributed by atoms with Crippen LogP contribution in [0.25, 0.3) is 6.20 Å². The number of aromatic nitrogens is 2. The monoisotopic (exact) mass is 486 g/mol. The Morgan fingerprint density at radius 2 is 1.80 bits per heavy atom. The van der Waals surface area contributed by atoms with E-state index < -0.39 is 41.6 Å². The summed E-state index contributed by atoms with van der Waals surface area (Å²) < 4.78 is 24.2. The number of carbonyl (C=O) groups excluding carboxylic acids is 2. The van der Waals surface area contributed by atoms with Crippen molar-refractivity contribution in [3.8, 4) is 0 Å². The van der Waals surface area contributed by atoms with Crippen LogP contribution in [0.2, 0.25) is 0 Å². The fourth-order valence-corrected chi connectivity index (χ4v) is 3.73. The standard InChI is InChI=1S/C25H30N2O8/c1-5-32-20-13-19(15-34-24(30)18-9-7-16(3)8-10-18)35-23(20)27-14-17(4)22(29)26(25(27)31)12-11-21(28)33-6-2/h7-12,14,19-20,23H,5-6,13,15H2,1-4H3/b12-11+/t19-,20+,23+/m0/s1. The van der Waals surface area contributed by atoms with E-state index in [2.05, 4.69) is 0 Å². The third kappa shape index (κ3) is 6.34. The van der Waals surface area contributed by atoms with Crippen LogP contribution in [0.4, 0.5) is 0 Å². The fraction of sp³-hybridized carbons (Fsp3) is 0.440. The van der Waals surface area contributed by atoms with Crippen molar-refractivity contribution < 1.29 is 28.5 Å². The average molecular weight is 487 g/mol. The Labute approximate surface area is 202 Å². The molecule has 2 aromatic rings. The van der Waals surface area contributed by atoms with Gasteiger partial charge >= 0.3 is 17.6 Å². The third-order valence-electron chi connectivity index (χ3n) is 5.45. The van der Waals surface area contributed by atoms with Crippen LogP contribution in [0.15, 0.2) is 46.1 Å². The van der Waals surface area contributed by atoms with Crippen molar-refractivity contribution in [1.82, 2.24) is 9.13 Å². The van der Waals surface area contributed by atoms with Crippen molar-refractivity contribution in [3.05, 3.63) is 74.1 Å². The zero-order valence-corrected chi connectivity index (χ0v) is 20.3. The lowest BCUT2D eigenvalue weighted by molar-refractivity contribution is -0.137. The second kappa shape index (κ2) is 11.8. The average Bonchev–Trinajstić information content (AvgIpc) is 3.23. The number of hydrogen-bond donors (Lipinski definition) is 0. The van der Waals surface area contributed by atoms with Crippen LogP contribution in [-0.4, -0.2) is 53.1 Å². The highest BCUT2D eigenvalue weighted by Crippen LogP contribution is 2.30. The van der Waals surface area contributed by atoms with E-state index in [-0.39, 0.29) is 18.8 Å². The first kappa shape index (κ1) is 26.1. The molecule has 1 saturated heterocycles. The van der Waals surface area contributed by atoms with E-state index in [1.54, 1.807) is 26.0 Å². The number of rotatable bonds is 9. The lowest BCUT2D eigenvalue weighted by atomic mass is 10.1. The van der Waals surface area contributed by atoms with Gasteiger partial charge in [-0.1, -0.05) is 17.7 Å². The number of esters is 2. The van der Waals surface area contributed by atoms with Crippen LogP contribution in [0.1, 0.15) is 48.0 Å². The predicted octanol–water partition coefficient (Wildman–Crippen LogP) is 2.21. The van der Waals surface area contributed by atoms with Gasteiger partial charge in [-0.25, -0.2) is 19.0 Å². The molecule has 1 aliphatic heterocycles. The van der Waals surface area contributed by atoms with Gasteiger partial charge in [0.25, 0.3) is 5.56 Å². The number of nitrogens with zero attached hydrogens (tertiary/aromatic N) is 2. The Bertz CT molecular complexity index is 1200. The Morgan fingerprint density at radius 3 is 2.46 bits per heavy atom. The number of benzene rings is 1. The van der Waals surface area contributed by atoms with Crippen molar-refractivity contribution >= 4 is 18.1 Å². The normalized spacial score (nSPS) is 19.7. The molecule has 0 spiro atoms. The summed E-state index contributed by atoms with van der Waals surface area (Å²) in [5.74, 6) is -1.15. The van der Waals surface area contributed by atoms with Crippen molar-refractivity contribution in [2.75, 3.05) is 19.8 Å². The molecular weight excluding hydrogens is 456 g/mol. The van der Waals surface area contributed by atoms with Gasteiger partial charge in [-0.3, -0.25) is 9.36 Å². The summed E-state index contributed by atoms with van der Waals surface area (Å²) >= 11 is 0. The van der Waals surface area contributed by atoms with Crippen molar-refractivity contribution in [2.24, 2.45) is 0 Å². The Balaban J connectivity index is 1.81. The molecule has 0 aliphatic carbocycles. The van der Waals surface area contributed by atoms with E-state index in [0.29, 0.717) is 18.6 Å². The highest BCUT2D eigenvalue weighted by molar-refractivity contribution is 5.89. The van der Waals surface area contributed by atoms with Crippen molar-refractivity contribution in [1.29, 1.82) is 0 Å². The van der Waals surface area contributed by atoms with E-state index in [9.17, 15) is 19.2 Å². The molecule has 0 N–H and O–H groups in total. The molecule has 0 amide bonds. The SMILES string of the molecule is CCOC(=O)/C=C/n1c(=O)c(C)cn([C@@H]2O[C@H](COC(=O)c3ccc(C)cc3)C[C@H]2OCC)c1=O. The zero-order valence-electron chi connectivity index (χ0n) is 20.3. The van der Waals surface area contributed by atoms with Crippen LogP contribution >= 0.6 is 0 Å². The van der Waals surface area contributed by atoms with Gasteiger partial charge < -0.3 is 18.9 Å². The summed E-state index contributed by atoms with van der Waals surface area (Å²) in [6.07, 6.45) is 1.98. The van der Waals surface area contributed by atoms with E-state index >= 15 is 0 Å². The molecule has 1 aliphatic rings. The van der Waals surface area contributed by atoms with E-state index in [1.165, 1.54) is 10.8 Å². The molecule has 10 nitrogen and oxygen atoms in total. The molecule has 10 heteroatoms. The lowest BCUT2D eigenvalue weighted by Gasteiger charge is -2.21. The van der Waals surface area contributed by atoms with Gasteiger partial charge in [0.05, 0.1) is 18.3 Å². The lowest BCUT2D eigenvalue weighted by Crippen LogP contribution is -2.42. The van der Waals surface area contributed by atoms with Gasteiger partial charge in [-0.05, 0) is 39.8 Å². The quantitative estimate of drug-likeness (QED) is 0.391. The first-order valence-corrected chi connectivity index (χ1v) is 11.4. The summed E-state index contributed by atoms with van der Waals surface area (Å²) in [6, 6.07) is 7.02. The summed E-state index contributed by atoms with van der Waals surface area (Å²) in [5.41, 5.74) is 0.460. The first-order valence-electron chi connectivity index (χ1n) is 11.4. The minimum atomic E-state index is -0.855. The van der Waals surface area contributed by atoms with Gasteiger partial charge in [-0.2, -0.15) is 0 Å². The Morgan fingerprint density at radius 1 is 1.09 bits per heavy atom. The second-order valence-corrected chi connectivity index (χ2v) is 8.09. The van der Waals surface area contributed by atoms with Gasteiger partial charge in [-0.15, -0.1) is 0 Å². The molecular formula is C25H30N2O8. The van der Waals surface area contributed by atoms with Gasteiger partial charge in [0.2, 0.25) is 0 Å². The molecule has 3 atom stereocenters. The molecule has 188 valence electrons. The molecule has 0 saturated carbocycles. The number of carbonyl (C=O) groups is 2. The highest BCUT2D eigenvalue weighted by Gasteiger charge is 2.38. The minimum Gasteiger partial charge on any atom is -0.463 e. The Hall–Kier alpha value is -3.50. The summed E-state index contributed by atoms with van der Waals surface area (Å²) in [5, 5.41) is 0. The highest BCUT2D eigenvalue weighted by atomic mass is 16.6. The molecule has 0 radical (unpaired) electrons. The molecule has 1 fully saturated rings. The van der Waals surface area contributed by atoms with Gasteiger partial charge in [0.1, 0.15) is 12.7 Å². The van der Waals surface area contributed by atoms with Crippen LogP contribution in [0, 0.1) is 13.8 Å². The second-order valence-electron chi connectivity index (χ2n) is 8.09. The summed E-state index contributed by atoms with van der Waals surface area (Å²) in [6.45, 7) is 7.46. The first-order chi connectivity index (χ1) is 16.7. The van der Waals surface area contributed by atoms with Gasteiger partial charge in [0, 0.05) is 37.1 Å². The molecule has 1 aromatic heterocycles. The Kier molecular flexibility index (Phi) is 8.78. The molecule has 0 bridgehead atoms. The van der Waals surface area contributed by atoms with E-state index in [1.807, 2.05) is 26.0 Å². The molecule has 3 rings (SSSR count). The minimum absolute atomic E-state index is 0.0249. The zero-order chi connectivity index (χ0) is 25.5.